The Bertz CT molecular complexity index is 785. The van der Waals surface area contributed by atoms with Gasteiger partial charge >= 0.3 is 0 Å². The number of nitro benzene ring substituents is 1. The third kappa shape index (κ3) is 3.59. The van der Waals surface area contributed by atoms with Crippen molar-refractivity contribution in [2.75, 3.05) is 6.61 Å². The van der Waals surface area contributed by atoms with Crippen LogP contribution in [0.15, 0.2) is 42.5 Å². The highest BCUT2D eigenvalue weighted by molar-refractivity contribution is 6.31. The summed E-state index contributed by atoms with van der Waals surface area (Å²) in [5, 5.41) is 33.4. The molecule has 7 nitrogen and oxygen atoms in total. The molecule has 0 aliphatic carbocycles. The van der Waals surface area contributed by atoms with Crippen LogP contribution in [0.4, 0.5) is 5.69 Å². The first kappa shape index (κ1) is 17.6. The maximum atomic E-state index is 12.8. The lowest BCUT2D eigenvalue weighted by molar-refractivity contribution is -0.931. The van der Waals surface area contributed by atoms with E-state index in [0.29, 0.717) is 22.8 Å². The Kier molecular flexibility index (Phi) is 5.19. The highest BCUT2D eigenvalue weighted by atomic mass is 35.5. The number of non-ortho nitro benzene ring substituents is 1. The molecule has 2 aromatic rings. The quantitative estimate of drug-likeness (QED) is 0.480. The summed E-state index contributed by atoms with van der Waals surface area (Å²) in [6.45, 7) is -0.183. The number of hydroxylamine groups is 2. The fraction of sp³-hybridized carbons (Fsp3) is 0.294. The van der Waals surface area contributed by atoms with Crippen molar-refractivity contribution >= 4 is 17.3 Å². The van der Waals surface area contributed by atoms with Gasteiger partial charge in [-0.2, -0.15) is 0 Å². The Balaban J connectivity index is 2.02. The third-order valence-electron chi connectivity index (χ3n) is 4.28. The molecule has 3 atom stereocenters. The highest BCUT2D eigenvalue weighted by Crippen LogP contribution is 2.34. The number of benzene rings is 2. The molecule has 0 radical (unpaired) electrons. The van der Waals surface area contributed by atoms with Gasteiger partial charge in [0.15, 0.2) is 0 Å². The lowest BCUT2D eigenvalue weighted by atomic mass is 9.95. The van der Waals surface area contributed by atoms with Gasteiger partial charge < -0.3 is 20.1 Å². The summed E-state index contributed by atoms with van der Waals surface area (Å²) in [5.41, 5.74) is 1.16. The molecule has 1 heterocycles. The second-order valence-corrected chi connectivity index (χ2v) is 6.26. The number of fused-ring (bicyclic) bond motifs is 1. The second kappa shape index (κ2) is 7.37. The summed E-state index contributed by atoms with van der Waals surface area (Å²) in [4.78, 5) is 10.6. The molecule has 1 aliphatic rings. The third-order valence-corrected chi connectivity index (χ3v) is 4.65. The maximum absolute atomic E-state index is 12.8. The molecule has 25 heavy (non-hydrogen) atoms. The Morgan fingerprint density at radius 1 is 1.28 bits per heavy atom. The molecule has 8 heteroatoms. The Labute approximate surface area is 149 Å². The highest BCUT2D eigenvalue weighted by Gasteiger charge is 2.36. The van der Waals surface area contributed by atoms with E-state index in [-0.39, 0.29) is 23.8 Å². The molecule has 0 aromatic heterocycles. The number of nitro groups is 1. The van der Waals surface area contributed by atoms with Crippen molar-refractivity contribution in [3.05, 3.63) is 73.9 Å². The average Bonchev–Trinajstić information content (AvgIpc) is 2.60. The lowest BCUT2D eigenvalue weighted by Gasteiger charge is -2.42. The number of aliphatic hydroxyl groups excluding tert-OH is 1. The maximum Gasteiger partial charge on any atom is 0.270 e. The van der Waals surface area contributed by atoms with E-state index in [1.165, 1.54) is 18.2 Å². The topological polar surface area (TPSA) is 100 Å². The summed E-state index contributed by atoms with van der Waals surface area (Å²) in [5.74, 6) is 0.431. The molecule has 2 N–H and O–H groups in total. The van der Waals surface area contributed by atoms with Gasteiger partial charge in [0.05, 0.1) is 23.5 Å². The number of rotatable bonds is 5. The van der Waals surface area contributed by atoms with Crippen LogP contribution in [0, 0.1) is 15.3 Å². The van der Waals surface area contributed by atoms with Gasteiger partial charge in [0, 0.05) is 23.6 Å². The molecule has 0 saturated carbocycles. The normalized spacial score (nSPS) is 22.1. The molecular formula is C17H17ClN2O5. The number of hydrogen-bond acceptors (Lipinski definition) is 5. The number of aliphatic hydroxyl groups is 1. The van der Waals surface area contributed by atoms with Gasteiger partial charge in [0.2, 0.25) is 6.23 Å². The Morgan fingerprint density at radius 3 is 2.72 bits per heavy atom. The van der Waals surface area contributed by atoms with E-state index >= 15 is 0 Å². The van der Waals surface area contributed by atoms with Crippen LogP contribution < -0.4 is 9.80 Å². The van der Waals surface area contributed by atoms with Crippen molar-refractivity contribution in [2.45, 2.75) is 25.1 Å². The van der Waals surface area contributed by atoms with Crippen LogP contribution in [0.25, 0.3) is 0 Å². The van der Waals surface area contributed by atoms with Crippen molar-refractivity contribution in [3.63, 3.8) is 0 Å². The van der Waals surface area contributed by atoms with E-state index in [0.717, 1.165) is 5.56 Å². The first-order valence-corrected chi connectivity index (χ1v) is 8.22. The number of halogens is 1. The molecule has 0 bridgehead atoms. The minimum atomic E-state index is -0.772. The fourth-order valence-electron chi connectivity index (χ4n) is 3.03. The lowest BCUT2D eigenvalue weighted by Crippen LogP contribution is -3.13. The molecule has 132 valence electrons. The number of nitrogens with one attached hydrogen (secondary N) is 1. The zero-order valence-corrected chi connectivity index (χ0v) is 14.0. The standard InChI is InChI=1S/C17H17ClN2O5/c18-14-4-2-1-3-11(14)9-15-13-10-12(20(23)24)5-6-16(13)25-17(7-8-21)19(15)22/h1-6,10,15,17,19,21H,7-9H2. The minimum absolute atomic E-state index is 0.0973. The Morgan fingerprint density at radius 2 is 2.04 bits per heavy atom. The van der Waals surface area contributed by atoms with Crippen molar-refractivity contribution in [2.24, 2.45) is 0 Å². The number of nitrogens with zero attached hydrogens (tertiary/aromatic N) is 1. The minimum Gasteiger partial charge on any atom is -0.631 e. The molecule has 0 amide bonds. The van der Waals surface area contributed by atoms with Crippen LogP contribution in [-0.4, -0.2) is 22.9 Å². The van der Waals surface area contributed by atoms with E-state index in [9.17, 15) is 20.4 Å². The van der Waals surface area contributed by atoms with E-state index in [1.807, 2.05) is 12.1 Å². The summed E-state index contributed by atoms with van der Waals surface area (Å²) in [6, 6.07) is 10.8. The van der Waals surface area contributed by atoms with Crippen LogP contribution in [0.1, 0.15) is 23.6 Å². The molecular weight excluding hydrogens is 348 g/mol. The monoisotopic (exact) mass is 364 g/mol. The van der Waals surface area contributed by atoms with Crippen molar-refractivity contribution in [1.82, 2.24) is 0 Å². The first-order valence-electron chi connectivity index (χ1n) is 7.84. The van der Waals surface area contributed by atoms with E-state index in [1.54, 1.807) is 12.1 Å². The van der Waals surface area contributed by atoms with Crippen LogP contribution in [0.2, 0.25) is 5.02 Å². The number of quaternary nitrogens is 1. The summed E-state index contributed by atoms with van der Waals surface area (Å²) < 4.78 is 5.65. The predicted molar refractivity (Wildman–Crippen MR) is 91.4 cm³/mol. The molecule has 1 aliphatic heterocycles. The molecule has 3 unspecified atom stereocenters. The van der Waals surface area contributed by atoms with E-state index in [2.05, 4.69) is 0 Å². The zero-order valence-electron chi connectivity index (χ0n) is 13.2. The van der Waals surface area contributed by atoms with E-state index in [4.69, 9.17) is 16.3 Å². The SMILES string of the molecule is O=[N+]([O-])c1ccc2c(c1)C(Cc1ccccc1Cl)[NH+]([O-])C(CCO)O2. The summed E-state index contributed by atoms with van der Waals surface area (Å²) in [7, 11) is 0. The largest absolute Gasteiger partial charge is 0.631 e. The molecule has 3 rings (SSSR count). The Hall–Kier alpha value is -2.19. The van der Waals surface area contributed by atoms with Crippen LogP contribution in [0.3, 0.4) is 0 Å². The van der Waals surface area contributed by atoms with Gasteiger partial charge in [-0.05, 0) is 17.7 Å². The number of ether oxygens (including phenoxy) is 1. The molecule has 0 saturated heterocycles. The van der Waals surface area contributed by atoms with Crippen LogP contribution in [0.5, 0.6) is 5.75 Å². The van der Waals surface area contributed by atoms with Gasteiger partial charge in [-0.25, -0.2) is 0 Å². The van der Waals surface area contributed by atoms with Crippen LogP contribution in [-0.2, 0) is 6.42 Å². The zero-order chi connectivity index (χ0) is 18.0. The van der Waals surface area contributed by atoms with Gasteiger partial charge in [-0.15, -0.1) is 0 Å². The summed E-state index contributed by atoms with van der Waals surface area (Å²) in [6.07, 6.45) is -0.280. The fourth-order valence-corrected chi connectivity index (χ4v) is 3.24. The van der Waals surface area contributed by atoms with Crippen molar-refractivity contribution in [1.29, 1.82) is 0 Å². The van der Waals surface area contributed by atoms with Gasteiger partial charge in [-0.3, -0.25) is 10.1 Å². The van der Waals surface area contributed by atoms with Gasteiger partial charge in [-0.1, -0.05) is 29.8 Å². The number of hydrogen-bond donors (Lipinski definition) is 2. The summed E-state index contributed by atoms with van der Waals surface area (Å²) >= 11 is 6.21. The molecule has 0 fully saturated rings. The van der Waals surface area contributed by atoms with Crippen molar-refractivity contribution < 1.29 is 19.8 Å². The smallest absolute Gasteiger partial charge is 0.270 e. The van der Waals surface area contributed by atoms with Crippen molar-refractivity contribution in [3.8, 4) is 5.75 Å². The van der Waals surface area contributed by atoms with Crippen LogP contribution >= 0.6 is 11.6 Å². The molecule has 0 spiro atoms. The van der Waals surface area contributed by atoms with E-state index < -0.39 is 17.2 Å². The second-order valence-electron chi connectivity index (χ2n) is 5.85. The first-order chi connectivity index (χ1) is 12.0. The van der Waals surface area contributed by atoms with Gasteiger partial charge in [0.25, 0.3) is 5.69 Å². The predicted octanol–water partition coefficient (Wildman–Crippen LogP) is 2.02. The average molecular weight is 365 g/mol. The molecule has 2 aromatic carbocycles. The van der Waals surface area contributed by atoms with Gasteiger partial charge in [0.1, 0.15) is 11.8 Å².